The van der Waals surface area contributed by atoms with Gasteiger partial charge in [-0.15, -0.1) is 0 Å². The predicted molar refractivity (Wildman–Crippen MR) is 100 cm³/mol. The van der Waals surface area contributed by atoms with Crippen LogP contribution in [0.3, 0.4) is 0 Å². The van der Waals surface area contributed by atoms with Crippen molar-refractivity contribution in [1.29, 1.82) is 0 Å². The molecule has 0 saturated carbocycles. The quantitative estimate of drug-likeness (QED) is 0.522. The molecule has 0 saturated heterocycles. The van der Waals surface area contributed by atoms with Crippen molar-refractivity contribution in [3.8, 4) is 0 Å². The van der Waals surface area contributed by atoms with Gasteiger partial charge in [-0.05, 0) is 60.3 Å². The van der Waals surface area contributed by atoms with E-state index in [9.17, 15) is 13.2 Å². The largest absolute Gasteiger partial charge is 0.416 e. The van der Waals surface area contributed by atoms with Crippen LogP contribution in [-0.2, 0) is 12.6 Å². The van der Waals surface area contributed by atoms with Gasteiger partial charge >= 0.3 is 6.18 Å². The number of benzene rings is 3. The second-order valence-corrected chi connectivity index (χ2v) is 6.54. The lowest BCUT2D eigenvalue weighted by Gasteiger charge is -2.16. The summed E-state index contributed by atoms with van der Waals surface area (Å²) in [6.45, 7) is 2.95. The van der Waals surface area contributed by atoms with E-state index in [0.29, 0.717) is 0 Å². The van der Waals surface area contributed by atoms with E-state index in [2.05, 4.69) is 42.6 Å². The van der Waals surface area contributed by atoms with E-state index < -0.39 is 11.7 Å². The highest BCUT2D eigenvalue weighted by molar-refractivity contribution is 5.86. The minimum absolute atomic E-state index is 0.216. The van der Waals surface area contributed by atoms with Crippen molar-refractivity contribution >= 4 is 10.8 Å². The first-order valence-corrected chi connectivity index (χ1v) is 8.82. The fourth-order valence-electron chi connectivity index (χ4n) is 3.21. The van der Waals surface area contributed by atoms with Crippen LogP contribution in [0.4, 0.5) is 13.2 Å². The lowest BCUT2D eigenvalue weighted by atomic mass is 9.99. The van der Waals surface area contributed by atoms with Crippen LogP contribution in [0, 0.1) is 0 Å². The standard InChI is InChI=1S/C22H22F3N/c1-16(20-10-4-8-18-7-2-3-9-21(18)20)26-15-5-6-17-11-13-19(14-12-17)22(23,24)25/h2-4,7-14,16,26H,5-6,15H2,1H3/t16-/m1/s1. The molecule has 0 aliphatic heterocycles. The Labute approximate surface area is 151 Å². The summed E-state index contributed by atoms with van der Waals surface area (Å²) in [5.41, 5.74) is 1.60. The third-order valence-electron chi connectivity index (χ3n) is 4.66. The van der Waals surface area contributed by atoms with E-state index in [0.717, 1.165) is 37.1 Å². The number of halogens is 3. The molecule has 3 rings (SSSR count). The third kappa shape index (κ3) is 4.44. The fraction of sp³-hybridized carbons (Fsp3) is 0.273. The topological polar surface area (TPSA) is 12.0 Å². The van der Waals surface area contributed by atoms with Gasteiger partial charge in [0.2, 0.25) is 0 Å². The van der Waals surface area contributed by atoms with Crippen LogP contribution in [0.5, 0.6) is 0 Å². The molecular formula is C22H22F3N. The Morgan fingerprint density at radius 1 is 0.885 bits per heavy atom. The highest BCUT2D eigenvalue weighted by Crippen LogP contribution is 2.29. The number of aryl methyl sites for hydroxylation is 1. The van der Waals surface area contributed by atoms with Crippen LogP contribution in [0.25, 0.3) is 10.8 Å². The Bertz CT molecular complexity index is 848. The summed E-state index contributed by atoms with van der Waals surface area (Å²) in [7, 11) is 0. The molecule has 0 spiro atoms. The predicted octanol–water partition coefficient (Wildman–Crippen LogP) is 6.14. The molecule has 1 nitrogen and oxygen atoms in total. The summed E-state index contributed by atoms with van der Waals surface area (Å²) >= 11 is 0. The van der Waals surface area contributed by atoms with Crippen molar-refractivity contribution in [2.45, 2.75) is 32.0 Å². The monoisotopic (exact) mass is 357 g/mol. The van der Waals surface area contributed by atoms with Gasteiger partial charge in [-0.1, -0.05) is 54.6 Å². The fourth-order valence-corrected chi connectivity index (χ4v) is 3.21. The van der Waals surface area contributed by atoms with Gasteiger partial charge in [-0.3, -0.25) is 0 Å². The summed E-state index contributed by atoms with van der Waals surface area (Å²) in [6.07, 6.45) is -2.64. The minimum atomic E-state index is -4.27. The van der Waals surface area contributed by atoms with Gasteiger partial charge < -0.3 is 5.32 Å². The van der Waals surface area contributed by atoms with Crippen molar-refractivity contribution in [2.24, 2.45) is 0 Å². The lowest BCUT2D eigenvalue weighted by molar-refractivity contribution is -0.137. The molecule has 0 radical (unpaired) electrons. The second-order valence-electron chi connectivity index (χ2n) is 6.54. The Morgan fingerprint density at radius 3 is 2.31 bits per heavy atom. The van der Waals surface area contributed by atoms with Gasteiger partial charge in [0.05, 0.1) is 5.56 Å². The number of alkyl halides is 3. The third-order valence-corrected chi connectivity index (χ3v) is 4.66. The molecule has 0 aromatic heterocycles. The Morgan fingerprint density at radius 2 is 1.58 bits per heavy atom. The molecule has 0 heterocycles. The molecule has 136 valence electrons. The van der Waals surface area contributed by atoms with Crippen molar-refractivity contribution in [3.05, 3.63) is 83.4 Å². The highest BCUT2D eigenvalue weighted by Gasteiger charge is 2.29. The van der Waals surface area contributed by atoms with Crippen molar-refractivity contribution < 1.29 is 13.2 Å². The normalized spacial score (nSPS) is 13.1. The van der Waals surface area contributed by atoms with Crippen molar-refractivity contribution in [3.63, 3.8) is 0 Å². The van der Waals surface area contributed by atoms with Gasteiger partial charge in [-0.25, -0.2) is 0 Å². The SMILES string of the molecule is C[C@@H](NCCCc1ccc(C(F)(F)F)cc1)c1cccc2ccccc12. The zero-order valence-electron chi connectivity index (χ0n) is 14.7. The van der Waals surface area contributed by atoms with Crippen molar-refractivity contribution in [1.82, 2.24) is 5.32 Å². The summed E-state index contributed by atoms with van der Waals surface area (Å²) in [5, 5.41) is 5.99. The average Bonchev–Trinajstić information content (AvgIpc) is 2.64. The van der Waals surface area contributed by atoms with E-state index in [1.807, 2.05) is 12.1 Å². The maximum Gasteiger partial charge on any atom is 0.416 e. The Balaban J connectivity index is 1.53. The molecule has 0 aliphatic rings. The minimum Gasteiger partial charge on any atom is -0.310 e. The maximum absolute atomic E-state index is 12.6. The molecule has 0 fully saturated rings. The number of fused-ring (bicyclic) bond motifs is 1. The lowest BCUT2D eigenvalue weighted by Crippen LogP contribution is -2.20. The smallest absolute Gasteiger partial charge is 0.310 e. The van der Waals surface area contributed by atoms with Crippen LogP contribution >= 0.6 is 0 Å². The maximum atomic E-state index is 12.6. The van der Waals surface area contributed by atoms with E-state index >= 15 is 0 Å². The van der Waals surface area contributed by atoms with Crippen LogP contribution < -0.4 is 5.32 Å². The first-order chi connectivity index (χ1) is 12.4. The van der Waals surface area contributed by atoms with Gasteiger partial charge in [0.15, 0.2) is 0 Å². The molecule has 0 aliphatic carbocycles. The summed E-state index contributed by atoms with van der Waals surface area (Å²) in [5.74, 6) is 0. The Hall–Kier alpha value is -2.33. The first kappa shape index (κ1) is 18.5. The van der Waals surface area contributed by atoms with Gasteiger partial charge in [0.25, 0.3) is 0 Å². The van der Waals surface area contributed by atoms with Gasteiger partial charge in [-0.2, -0.15) is 13.2 Å². The molecule has 0 amide bonds. The molecule has 26 heavy (non-hydrogen) atoms. The van der Waals surface area contributed by atoms with Crippen LogP contribution in [0.1, 0.15) is 36.1 Å². The number of hydrogen-bond acceptors (Lipinski definition) is 1. The Kier molecular flexibility index (Phi) is 5.62. The zero-order valence-corrected chi connectivity index (χ0v) is 14.7. The van der Waals surface area contributed by atoms with Crippen LogP contribution in [0.2, 0.25) is 0 Å². The average molecular weight is 357 g/mol. The number of nitrogens with one attached hydrogen (secondary N) is 1. The van der Waals surface area contributed by atoms with Gasteiger partial charge in [0, 0.05) is 6.04 Å². The first-order valence-electron chi connectivity index (χ1n) is 8.82. The highest BCUT2D eigenvalue weighted by atomic mass is 19.4. The number of hydrogen-bond donors (Lipinski definition) is 1. The van der Waals surface area contributed by atoms with E-state index in [1.54, 1.807) is 12.1 Å². The molecule has 1 atom stereocenters. The second kappa shape index (κ2) is 7.92. The van der Waals surface area contributed by atoms with Crippen LogP contribution in [0.15, 0.2) is 66.7 Å². The summed E-state index contributed by atoms with van der Waals surface area (Å²) in [6, 6.07) is 20.3. The molecular weight excluding hydrogens is 335 g/mol. The molecule has 3 aromatic rings. The van der Waals surface area contributed by atoms with Gasteiger partial charge in [0.1, 0.15) is 0 Å². The summed E-state index contributed by atoms with van der Waals surface area (Å²) < 4.78 is 37.7. The molecule has 3 aromatic carbocycles. The van der Waals surface area contributed by atoms with Crippen LogP contribution in [-0.4, -0.2) is 6.54 Å². The molecule has 0 bridgehead atoms. The van der Waals surface area contributed by atoms with E-state index in [-0.39, 0.29) is 6.04 Å². The molecule has 1 N–H and O–H groups in total. The van der Waals surface area contributed by atoms with Crippen molar-refractivity contribution in [2.75, 3.05) is 6.54 Å². The zero-order chi connectivity index (χ0) is 18.6. The number of rotatable bonds is 6. The van der Waals surface area contributed by atoms with E-state index in [4.69, 9.17) is 0 Å². The summed E-state index contributed by atoms with van der Waals surface area (Å²) in [4.78, 5) is 0. The molecule has 4 heteroatoms. The van der Waals surface area contributed by atoms with E-state index in [1.165, 1.54) is 16.3 Å². The molecule has 0 unspecified atom stereocenters.